The molecule has 1 aromatic carbocycles. The minimum absolute atomic E-state index is 0.0813. The van der Waals surface area contributed by atoms with Gasteiger partial charge in [-0.2, -0.15) is 0 Å². The fourth-order valence-electron chi connectivity index (χ4n) is 3.42. The van der Waals surface area contributed by atoms with E-state index in [1.165, 1.54) is 63.4 Å². The number of amidine groups is 1. The second-order valence-electron chi connectivity index (χ2n) is 7.80. The fraction of sp³-hybridized carbons (Fsp3) is 0.636. The summed E-state index contributed by atoms with van der Waals surface area (Å²) in [5, 5.41) is 14.7. The number of hydrogen-bond donors (Lipinski definition) is 3. The number of rotatable bonds is 13. The van der Waals surface area contributed by atoms with Gasteiger partial charge in [-0.3, -0.25) is 4.79 Å². The van der Waals surface area contributed by atoms with Gasteiger partial charge in [-0.05, 0) is 43.4 Å². The Balaban J connectivity index is 1.64. The summed E-state index contributed by atoms with van der Waals surface area (Å²) in [6.07, 6.45) is 14.5. The molecule has 2 rings (SSSR count). The van der Waals surface area contributed by atoms with Crippen LogP contribution in [0.1, 0.15) is 93.5 Å². The maximum absolute atomic E-state index is 12.4. The topological polar surface area (TPSA) is 87.7 Å². The highest BCUT2D eigenvalue weighted by Gasteiger charge is 2.48. The van der Waals surface area contributed by atoms with Crippen molar-refractivity contribution in [1.82, 2.24) is 5.32 Å². The minimum Gasteiger partial charge on any atom is -0.409 e. The molecule has 0 unspecified atom stereocenters. The molecule has 4 N–H and O–H groups in total. The molecule has 0 aromatic heterocycles. The van der Waals surface area contributed by atoms with E-state index < -0.39 is 5.54 Å². The number of hydrogen-bond acceptors (Lipinski definition) is 3. The molecule has 0 bridgehead atoms. The standard InChI is InChI=1S/C22H35N3O2/c1-2-3-4-5-6-7-8-9-10-11-18-12-14-19(15-13-18)20(26)24-22(16-17-22)21(23)25-27/h12-15,27H,2-11,16-17H2,1H3,(H2,23,25)(H,24,26). The Kier molecular flexibility index (Phi) is 8.62. The highest BCUT2D eigenvalue weighted by molar-refractivity contribution is 6.01. The summed E-state index contributed by atoms with van der Waals surface area (Å²) in [7, 11) is 0. The van der Waals surface area contributed by atoms with Crippen molar-refractivity contribution in [2.24, 2.45) is 10.9 Å². The predicted octanol–water partition coefficient (Wildman–Crippen LogP) is 4.77. The molecular weight excluding hydrogens is 338 g/mol. The van der Waals surface area contributed by atoms with Crippen LogP contribution in [0, 0.1) is 0 Å². The van der Waals surface area contributed by atoms with Crippen molar-refractivity contribution in [2.45, 2.75) is 89.5 Å². The Morgan fingerprint density at radius 3 is 2.11 bits per heavy atom. The average molecular weight is 374 g/mol. The van der Waals surface area contributed by atoms with Crippen molar-refractivity contribution >= 4 is 11.7 Å². The largest absolute Gasteiger partial charge is 0.409 e. The van der Waals surface area contributed by atoms with Crippen molar-refractivity contribution in [1.29, 1.82) is 0 Å². The molecular formula is C22H35N3O2. The third kappa shape index (κ3) is 6.89. The SMILES string of the molecule is CCCCCCCCCCCc1ccc(C(=O)NC2(/C(N)=N/O)CC2)cc1. The van der Waals surface area contributed by atoms with Crippen molar-refractivity contribution in [2.75, 3.05) is 0 Å². The summed E-state index contributed by atoms with van der Waals surface area (Å²) in [6.45, 7) is 2.25. The average Bonchev–Trinajstić information content (AvgIpc) is 3.47. The quantitative estimate of drug-likeness (QED) is 0.153. The third-order valence-corrected chi connectivity index (χ3v) is 5.49. The van der Waals surface area contributed by atoms with Crippen LogP contribution in [0.3, 0.4) is 0 Å². The molecule has 0 radical (unpaired) electrons. The summed E-state index contributed by atoms with van der Waals surface area (Å²) < 4.78 is 0. The molecule has 1 aliphatic rings. The van der Waals surface area contributed by atoms with Crippen molar-refractivity contribution in [3.05, 3.63) is 35.4 Å². The summed E-state index contributed by atoms with van der Waals surface area (Å²) in [6, 6.07) is 7.78. The number of carbonyl (C=O) groups excluding carboxylic acids is 1. The highest BCUT2D eigenvalue weighted by atomic mass is 16.4. The Morgan fingerprint density at radius 1 is 1.04 bits per heavy atom. The van der Waals surface area contributed by atoms with E-state index in [9.17, 15) is 4.79 Å². The molecule has 5 nitrogen and oxygen atoms in total. The summed E-state index contributed by atoms with van der Waals surface area (Å²) >= 11 is 0. The van der Waals surface area contributed by atoms with Crippen LogP contribution >= 0.6 is 0 Å². The summed E-state index contributed by atoms with van der Waals surface area (Å²) in [5.74, 6) is -0.0912. The van der Waals surface area contributed by atoms with E-state index in [1.54, 1.807) is 0 Å². The number of oxime groups is 1. The number of aryl methyl sites for hydroxylation is 1. The molecule has 0 spiro atoms. The van der Waals surface area contributed by atoms with Crippen LogP contribution in [0.5, 0.6) is 0 Å². The molecule has 0 aliphatic heterocycles. The monoisotopic (exact) mass is 373 g/mol. The maximum atomic E-state index is 12.4. The molecule has 1 saturated carbocycles. The first kappa shape index (κ1) is 21.3. The van der Waals surface area contributed by atoms with E-state index in [0.717, 1.165) is 6.42 Å². The summed E-state index contributed by atoms with van der Waals surface area (Å²) in [5.41, 5.74) is 6.90. The smallest absolute Gasteiger partial charge is 0.252 e. The highest BCUT2D eigenvalue weighted by Crippen LogP contribution is 2.35. The van der Waals surface area contributed by atoms with Gasteiger partial charge in [0.15, 0.2) is 5.84 Å². The lowest BCUT2D eigenvalue weighted by atomic mass is 10.0. The van der Waals surface area contributed by atoms with E-state index in [4.69, 9.17) is 10.9 Å². The number of unbranched alkanes of at least 4 members (excludes halogenated alkanes) is 8. The minimum atomic E-state index is -0.652. The molecule has 5 heteroatoms. The molecule has 0 saturated heterocycles. The lowest BCUT2D eigenvalue weighted by Crippen LogP contribution is -2.46. The number of nitrogens with one attached hydrogen (secondary N) is 1. The Bertz CT molecular complexity index is 606. The number of nitrogens with zero attached hydrogens (tertiary/aromatic N) is 1. The van der Waals surface area contributed by atoms with Crippen LogP contribution < -0.4 is 11.1 Å². The van der Waals surface area contributed by atoms with Gasteiger partial charge < -0.3 is 16.3 Å². The van der Waals surface area contributed by atoms with Crippen LogP contribution in [-0.2, 0) is 6.42 Å². The first-order valence-corrected chi connectivity index (χ1v) is 10.5. The zero-order chi connectivity index (χ0) is 19.5. The molecule has 0 heterocycles. The van der Waals surface area contributed by atoms with Crippen LogP contribution in [0.15, 0.2) is 29.4 Å². The number of amides is 1. The molecule has 27 heavy (non-hydrogen) atoms. The number of nitrogens with two attached hydrogens (primary N) is 1. The van der Waals surface area contributed by atoms with Gasteiger partial charge in [0.2, 0.25) is 0 Å². The van der Waals surface area contributed by atoms with Crippen LogP contribution in [0.2, 0.25) is 0 Å². The van der Waals surface area contributed by atoms with Crippen molar-refractivity contribution < 1.29 is 10.0 Å². The predicted molar refractivity (Wildman–Crippen MR) is 110 cm³/mol. The zero-order valence-electron chi connectivity index (χ0n) is 16.7. The van der Waals surface area contributed by atoms with Crippen molar-refractivity contribution in [3.63, 3.8) is 0 Å². The van der Waals surface area contributed by atoms with Gasteiger partial charge in [-0.25, -0.2) is 0 Å². The van der Waals surface area contributed by atoms with Gasteiger partial charge in [0, 0.05) is 5.56 Å². The van der Waals surface area contributed by atoms with Gasteiger partial charge in [0.05, 0.1) is 0 Å². The maximum Gasteiger partial charge on any atom is 0.252 e. The molecule has 0 atom stereocenters. The van der Waals surface area contributed by atoms with E-state index in [2.05, 4.69) is 17.4 Å². The van der Waals surface area contributed by atoms with Gasteiger partial charge in [-0.1, -0.05) is 75.6 Å². The lowest BCUT2D eigenvalue weighted by Gasteiger charge is -2.15. The van der Waals surface area contributed by atoms with E-state index >= 15 is 0 Å². The van der Waals surface area contributed by atoms with Gasteiger partial charge in [0.25, 0.3) is 5.91 Å². The van der Waals surface area contributed by atoms with Crippen molar-refractivity contribution in [3.8, 4) is 0 Å². The third-order valence-electron chi connectivity index (χ3n) is 5.49. The second-order valence-corrected chi connectivity index (χ2v) is 7.80. The number of carbonyl (C=O) groups is 1. The second kappa shape index (κ2) is 11.0. The first-order chi connectivity index (χ1) is 13.1. The molecule has 1 aromatic rings. The summed E-state index contributed by atoms with van der Waals surface area (Å²) in [4.78, 5) is 12.4. The van der Waals surface area contributed by atoms with Crippen LogP contribution in [0.25, 0.3) is 0 Å². The lowest BCUT2D eigenvalue weighted by molar-refractivity contribution is 0.0942. The van der Waals surface area contributed by atoms with E-state index in [0.29, 0.717) is 18.4 Å². The molecule has 1 fully saturated rings. The number of benzene rings is 1. The van der Waals surface area contributed by atoms with Gasteiger partial charge >= 0.3 is 0 Å². The Labute approximate surface area is 163 Å². The van der Waals surface area contributed by atoms with Gasteiger partial charge in [0.1, 0.15) is 5.54 Å². The van der Waals surface area contributed by atoms with Crippen LogP contribution in [0.4, 0.5) is 0 Å². The molecule has 1 amide bonds. The van der Waals surface area contributed by atoms with E-state index in [-0.39, 0.29) is 11.7 Å². The Morgan fingerprint density at radius 2 is 1.59 bits per heavy atom. The Hall–Kier alpha value is -2.04. The zero-order valence-corrected chi connectivity index (χ0v) is 16.7. The molecule has 1 aliphatic carbocycles. The first-order valence-electron chi connectivity index (χ1n) is 10.5. The normalized spacial score (nSPS) is 15.5. The van der Waals surface area contributed by atoms with Gasteiger partial charge in [-0.15, -0.1) is 0 Å². The fourth-order valence-corrected chi connectivity index (χ4v) is 3.42. The molecule has 150 valence electrons. The van der Waals surface area contributed by atoms with Crippen LogP contribution in [-0.4, -0.2) is 22.5 Å². The van der Waals surface area contributed by atoms with E-state index in [1.807, 2.05) is 24.3 Å².